The second-order valence-electron chi connectivity index (χ2n) is 5.62. The summed E-state index contributed by atoms with van der Waals surface area (Å²) in [6.45, 7) is 1.97. The summed E-state index contributed by atoms with van der Waals surface area (Å²) in [5, 5.41) is 5.86. The van der Waals surface area contributed by atoms with Crippen LogP contribution in [0.3, 0.4) is 0 Å². The number of benzene rings is 1. The highest BCUT2D eigenvalue weighted by Gasteiger charge is 2.10. The minimum Gasteiger partial charge on any atom is -0.309 e. The summed E-state index contributed by atoms with van der Waals surface area (Å²) in [5.74, 6) is 0. The molecule has 0 atom stereocenters. The molecule has 2 aromatic heterocycles. The van der Waals surface area contributed by atoms with Crippen LogP contribution in [0.5, 0.6) is 0 Å². The quantitative estimate of drug-likeness (QED) is 0.695. The van der Waals surface area contributed by atoms with Crippen LogP contribution in [-0.4, -0.2) is 40.3 Å². The minimum absolute atomic E-state index is 0.909. The highest BCUT2D eigenvalue weighted by molar-refractivity contribution is 9.10. The lowest BCUT2D eigenvalue weighted by molar-refractivity contribution is 0.380. The summed E-state index contributed by atoms with van der Waals surface area (Å²) >= 11 is 3.67. The van der Waals surface area contributed by atoms with Gasteiger partial charge in [-0.05, 0) is 67.3 Å². The third kappa shape index (κ3) is 3.20. The maximum absolute atomic E-state index is 4.72. The molecular weight excluding hydrogens is 340 g/mol. The minimum atomic E-state index is 0.909. The van der Waals surface area contributed by atoms with Gasteiger partial charge < -0.3 is 4.90 Å². The van der Waals surface area contributed by atoms with E-state index in [-0.39, 0.29) is 0 Å². The number of nitrogens with zero attached hydrogens (tertiary/aromatic N) is 4. The number of fused-ring (bicyclic) bond motifs is 1. The number of aryl methyl sites for hydroxylation is 1. The third-order valence-electron chi connectivity index (χ3n) is 3.61. The van der Waals surface area contributed by atoms with Crippen LogP contribution in [0.1, 0.15) is 6.42 Å². The highest BCUT2D eigenvalue weighted by Crippen LogP contribution is 2.28. The van der Waals surface area contributed by atoms with Crippen LogP contribution in [0.4, 0.5) is 0 Å². The van der Waals surface area contributed by atoms with E-state index in [1.165, 1.54) is 0 Å². The smallest absolute Gasteiger partial charge is 0.111 e. The van der Waals surface area contributed by atoms with Gasteiger partial charge in [-0.15, -0.1) is 0 Å². The first-order chi connectivity index (χ1) is 10.6. The van der Waals surface area contributed by atoms with E-state index in [0.717, 1.165) is 46.3 Å². The molecule has 0 saturated carbocycles. The predicted molar refractivity (Wildman–Crippen MR) is 93.8 cm³/mol. The summed E-state index contributed by atoms with van der Waals surface area (Å²) in [7, 11) is 4.18. The van der Waals surface area contributed by atoms with E-state index in [1.807, 2.05) is 29.1 Å². The van der Waals surface area contributed by atoms with E-state index in [9.17, 15) is 0 Å². The van der Waals surface area contributed by atoms with Crippen molar-refractivity contribution in [2.45, 2.75) is 13.0 Å². The Morgan fingerprint density at radius 3 is 2.77 bits per heavy atom. The van der Waals surface area contributed by atoms with E-state index >= 15 is 0 Å². The molecule has 0 aliphatic carbocycles. The average molecular weight is 359 g/mol. The third-order valence-corrected chi connectivity index (χ3v) is 4.45. The van der Waals surface area contributed by atoms with Crippen LogP contribution in [-0.2, 0) is 6.54 Å². The molecule has 0 amide bonds. The van der Waals surface area contributed by atoms with E-state index in [2.05, 4.69) is 58.1 Å². The zero-order chi connectivity index (χ0) is 15.5. The molecule has 0 bridgehead atoms. The molecular formula is C17H19BrN4. The number of halogens is 1. The normalized spacial score (nSPS) is 11.5. The van der Waals surface area contributed by atoms with Crippen molar-refractivity contribution in [3.8, 4) is 11.3 Å². The van der Waals surface area contributed by atoms with Crippen molar-refractivity contribution in [2.24, 2.45) is 0 Å². The fraction of sp³-hybridized carbons (Fsp3) is 0.294. The van der Waals surface area contributed by atoms with Crippen molar-refractivity contribution >= 4 is 26.8 Å². The summed E-state index contributed by atoms with van der Waals surface area (Å²) < 4.78 is 3.09. The molecule has 0 aliphatic rings. The lowest BCUT2D eigenvalue weighted by Crippen LogP contribution is -2.15. The van der Waals surface area contributed by atoms with Crippen molar-refractivity contribution in [3.63, 3.8) is 0 Å². The van der Waals surface area contributed by atoms with Crippen LogP contribution in [0.25, 0.3) is 22.2 Å². The Hall–Kier alpha value is -1.72. The molecule has 0 spiro atoms. The Bertz CT molecular complexity index is 765. The molecule has 0 unspecified atom stereocenters. The second-order valence-corrected chi connectivity index (χ2v) is 6.37. The number of hydrogen-bond donors (Lipinski definition) is 0. The molecule has 5 heteroatoms. The molecule has 0 fully saturated rings. The lowest BCUT2D eigenvalue weighted by Gasteiger charge is -2.09. The monoisotopic (exact) mass is 358 g/mol. The molecule has 0 aliphatic heterocycles. The number of aromatic nitrogens is 3. The fourth-order valence-corrected chi connectivity index (χ4v) is 3.07. The first-order valence-electron chi connectivity index (χ1n) is 7.37. The van der Waals surface area contributed by atoms with Crippen molar-refractivity contribution < 1.29 is 0 Å². The molecule has 1 aromatic carbocycles. The molecule has 114 valence electrons. The number of hydrogen-bond acceptors (Lipinski definition) is 3. The van der Waals surface area contributed by atoms with Gasteiger partial charge in [0, 0.05) is 23.7 Å². The molecule has 0 N–H and O–H groups in total. The SMILES string of the molecule is CN(C)CCCn1nc2cc(-c3ccccn3)ccc2c1Br. The molecule has 3 rings (SSSR count). The van der Waals surface area contributed by atoms with Gasteiger partial charge in [0.25, 0.3) is 0 Å². The lowest BCUT2D eigenvalue weighted by atomic mass is 10.1. The van der Waals surface area contributed by atoms with Gasteiger partial charge in [-0.25, -0.2) is 0 Å². The van der Waals surface area contributed by atoms with Crippen LogP contribution in [0.2, 0.25) is 0 Å². The first-order valence-corrected chi connectivity index (χ1v) is 8.16. The van der Waals surface area contributed by atoms with Gasteiger partial charge in [0.15, 0.2) is 0 Å². The number of rotatable bonds is 5. The Morgan fingerprint density at radius 2 is 2.05 bits per heavy atom. The van der Waals surface area contributed by atoms with Crippen LogP contribution in [0, 0.1) is 0 Å². The van der Waals surface area contributed by atoms with E-state index in [4.69, 9.17) is 5.10 Å². The highest BCUT2D eigenvalue weighted by atomic mass is 79.9. The van der Waals surface area contributed by atoms with Crippen LogP contribution < -0.4 is 0 Å². The Kier molecular flexibility index (Phi) is 4.55. The van der Waals surface area contributed by atoms with Gasteiger partial charge in [0.1, 0.15) is 4.60 Å². The van der Waals surface area contributed by atoms with Gasteiger partial charge in [0.05, 0.1) is 11.2 Å². The Morgan fingerprint density at radius 1 is 1.18 bits per heavy atom. The van der Waals surface area contributed by atoms with E-state index < -0.39 is 0 Å². The largest absolute Gasteiger partial charge is 0.309 e. The van der Waals surface area contributed by atoms with Gasteiger partial charge in [-0.1, -0.05) is 12.1 Å². The topological polar surface area (TPSA) is 34.0 Å². The van der Waals surface area contributed by atoms with Gasteiger partial charge >= 0.3 is 0 Å². The second kappa shape index (κ2) is 6.58. The van der Waals surface area contributed by atoms with Crippen LogP contribution >= 0.6 is 15.9 Å². The molecule has 2 heterocycles. The summed E-state index contributed by atoms with van der Waals surface area (Å²) in [6.07, 6.45) is 2.89. The summed E-state index contributed by atoms with van der Waals surface area (Å²) in [5.41, 5.74) is 3.07. The molecule has 0 saturated heterocycles. The van der Waals surface area contributed by atoms with Crippen molar-refractivity contribution in [3.05, 3.63) is 47.2 Å². The zero-order valence-electron chi connectivity index (χ0n) is 12.8. The number of pyridine rings is 1. The van der Waals surface area contributed by atoms with Crippen LogP contribution in [0.15, 0.2) is 47.2 Å². The standard InChI is InChI=1S/C17H19BrN4/c1-21(2)10-5-11-22-17(18)14-8-7-13(12-16(14)20-22)15-6-3-4-9-19-15/h3-4,6-9,12H,5,10-11H2,1-2H3. The summed E-state index contributed by atoms with van der Waals surface area (Å²) in [4.78, 5) is 6.59. The maximum Gasteiger partial charge on any atom is 0.111 e. The first kappa shape index (κ1) is 15.2. The fourth-order valence-electron chi connectivity index (χ4n) is 2.48. The molecule has 3 aromatic rings. The zero-order valence-corrected chi connectivity index (χ0v) is 14.4. The molecule has 4 nitrogen and oxygen atoms in total. The Labute approximate surface area is 138 Å². The van der Waals surface area contributed by atoms with Crippen molar-refractivity contribution in [2.75, 3.05) is 20.6 Å². The van der Waals surface area contributed by atoms with Gasteiger partial charge in [0.2, 0.25) is 0 Å². The van der Waals surface area contributed by atoms with Crippen molar-refractivity contribution in [1.82, 2.24) is 19.7 Å². The summed E-state index contributed by atoms with van der Waals surface area (Å²) in [6, 6.07) is 12.3. The molecule has 22 heavy (non-hydrogen) atoms. The molecule has 0 radical (unpaired) electrons. The average Bonchev–Trinajstić information content (AvgIpc) is 2.84. The Balaban J connectivity index is 1.89. The van der Waals surface area contributed by atoms with Gasteiger partial charge in [-0.3, -0.25) is 9.67 Å². The van der Waals surface area contributed by atoms with E-state index in [0.29, 0.717) is 0 Å². The predicted octanol–water partition coefficient (Wildman–Crippen LogP) is 3.81. The maximum atomic E-state index is 4.72. The van der Waals surface area contributed by atoms with Gasteiger partial charge in [-0.2, -0.15) is 5.10 Å². The van der Waals surface area contributed by atoms with E-state index in [1.54, 1.807) is 0 Å². The van der Waals surface area contributed by atoms with Crippen molar-refractivity contribution in [1.29, 1.82) is 0 Å².